The van der Waals surface area contributed by atoms with Crippen LogP contribution in [0.2, 0.25) is 0 Å². The second-order valence-electron chi connectivity index (χ2n) is 7.73. The number of amides is 2. The van der Waals surface area contributed by atoms with Crippen molar-refractivity contribution >= 4 is 11.6 Å². The average molecular weight is 464 g/mol. The van der Waals surface area contributed by atoms with Gasteiger partial charge in [-0.15, -0.1) is 0 Å². The number of nitrogens with zero attached hydrogens (tertiary/aromatic N) is 3. The lowest BCUT2D eigenvalue weighted by Gasteiger charge is -2.34. The lowest BCUT2D eigenvalue weighted by atomic mass is 9.94. The minimum absolute atomic E-state index is 0.182. The topological polar surface area (TPSA) is 108 Å². The van der Waals surface area contributed by atoms with Crippen LogP contribution in [0.15, 0.2) is 46.6 Å². The van der Waals surface area contributed by atoms with E-state index in [-0.39, 0.29) is 12.8 Å². The molecule has 2 aliphatic heterocycles. The third-order valence-electron chi connectivity index (χ3n) is 5.94. The lowest BCUT2D eigenvalue weighted by Crippen LogP contribution is -2.45. The van der Waals surface area contributed by atoms with Crippen molar-refractivity contribution in [2.45, 2.75) is 19.9 Å². The van der Waals surface area contributed by atoms with Gasteiger partial charge in [-0.25, -0.2) is 4.79 Å². The molecule has 5 rings (SSSR count). The first-order valence-corrected chi connectivity index (χ1v) is 10.8. The molecule has 2 aliphatic rings. The van der Waals surface area contributed by atoms with Gasteiger partial charge < -0.3 is 28.8 Å². The maximum Gasteiger partial charge on any atom is 0.322 e. The van der Waals surface area contributed by atoms with Crippen LogP contribution in [0, 0.1) is 0 Å². The first kappa shape index (κ1) is 21.6. The van der Waals surface area contributed by atoms with E-state index in [2.05, 4.69) is 15.5 Å². The van der Waals surface area contributed by atoms with Gasteiger partial charge in [0, 0.05) is 17.8 Å². The Morgan fingerprint density at radius 1 is 1.09 bits per heavy atom. The van der Waals surface area contributed by atoms with Crippen LogP contribution >= 0.6 is 0 Å². The van der Waals surface area contributed by atoms with Crippen LogP contribution in [0.4, 0.5) is 4.79 Å². The largest absolute Gasteiger partial charge is 0.493 e. The molecule has 10 heteroatoms. The Bertz CT molecular complexity index is 1280. The standard InChI is InChI=1S/C24H24N4O6/c1-5-28-13(2)20(21(25-24(28)29)14-6-8-16(30-3)18(10-14)31-4)23-26-22(27-34-23)15-7-9-17-19(11-15)33-12-32-17/h6-11,21H,5,12H2,1-4H3,(H,25,29). The summed E-state index contributed by atoms with van der Waals surface area (Å²) >= 11 is 0. The average Bonchev–Trinajstić information content (AvgIpc) is 3.52. The predicted octanol–water partition coefficient (Wildman–Crippen LogP) is 4.00. The van der Waals surface area contributed by atoms with Gasteiger partial charge in [-0.1, -0.05) is 11.2 Å². The maximum absolute atomic E-state index is 12.8. The first-order chi connectivity index (χ1) is 16.5. The maximum atomic E-state index is 12.8. The third kappa shape index (κ3) is 3.57. The molecule has 34 heavy (non-hydrogen) atoms. The van der Waals surface area contributed by atoms with E-state index in [0.717, 1.165) is 16.8 Å². The quantitative estimate of drug-likeness (QED) is 0.583. The van der Waals surface area contributed by atoms with Crippen molar-refractivity contribution in [2.75, 3.05) is 27.6 Å². The molecule has 2 aromatic carbocycles. The number of benzene rings is 2. The van der Waals surface area contributed by atoms with Crippen molar-refractivity contribution in [1.29, 1.82) is 0 Å². The second-order valence-corrected chi connectivity index (χ2v) is 7.73. The van der Waals surface area contributed by atoms with Crippen molar-refractivity contribution < 1.29 is 28.3 Å². The summed E-state index contributed by atoms with van der Waals surface area (Å²) in [7, 11) is 3.14. The molecule has 176 valence electrons. The van der Waals surface area contributed by atoms with Crippen LogP contribution < -0.4 is 24.3 Å². The molecular weight excluding hydrogens is 440 g/mol. The Hall–Kier alpha value is -4.21. The lowest BCUT2D eigenvalue weighted by molar-refractivity contribution is 0.174. The number of hydrogen-bond acceptors (Lipinski definition) is 8. The summed E-state index contributed by atoms with van der Waals surface area (Å²) in [6.45, 7) is 4.45. The van der Waals surface area contributed by atoms with Crippen LogP contribution in [0.3, 0.4) is 0 Å². The molecule has 0 aliphatic carbocycles. The zero-order chi connectivity index (χ0) is 23.8. The molecule has 0 fully saturated rings. The van der Waals surface area contributed by atoms with Crippen molar-refractivity contribution in [3.05, 3.63) is 53.5 Å². The fraction of sp³-hybridized carbons (Fsp3) is 0.292. The van der Waals surface area contributed by atoms with Gasteiger partial charge in [0.25, 0.3) is 5.89 Å². The molecule has 0 saturated heterocycles. The molecule has 0 spiro atoms. The SMILES string of the molecule is CCN1C(=O)NC(c2ccc(OC)c(OC)c2)C(c2nc(-c3ccc4c(c3)OCO4)no2)=C1C. The number of allylic oxidation sites excluding steroid dienone is 1. The third-order valence-corrected chi connectivity index (χ3v) is 5.94. The number of urea groups is 1. The molecular formula is C24H24N4O6. The number of ether oxygens (including phenoxy) is 4. The molecule has 1 aromatic heterocycles. The highest BCUT2D eigenvalue weighted by atomic mass is 16.7. The van der Waals surface area contributed by atoms with Crippen molar-refractivity contribution in [2.24, 2.45) is 0 Å². The molecule has 1 N–H and O–H groups in total. The number of fused-ring (bicyclic) bond motifs is 1. The summed E-state index contributed by atoms with van der Waals surface area (Å²) in [5, 5.41) is 7.24. The Kier molecular flexibility index (Phi) is 5.48. The predicted molar refractivity (Wildman–Crippen MR) is 122 cm³/mol. The summed E-state index contributed by atoms with van der Waals surface area (Å²) < 4.78 is 27.4. The number of carbonyl (C=O) groups is 1. The minimum Gasteiger partial charge on any atom is -0.493 e. The van der Waals surface area contributed by atoms with E-state index in [9.17, 15) is 4.79 Å². The molecule has 1 unspecified atom stereocenters. The van der Waals surface area contributed by atoms with Gasteiger partial charge in [-0.3, -0.25) is 4.90 Å². The van der Waals surface area contributed by atoms with Gasteiger partial charge in [0.1, 0.15) is 0 Å². The van der Waals surface area contributed by atoms with E-state index in [1.54, 1.807) is 25.2 Å². The second kappa shape index (κ2) is 8.62. The van der Waals surface area contributed by atoms with E-state index < -0.39 is 6.04 Å². The van der Waals surface area contributed by atoms with Gasteiger partial charge in [-0.2, -0.15) is 4.98 Å². The normalized spacial score (nSPS) is 17.1. The van der Waals surface area contributed by atoms with Gasteiger partial charge in [0.2, 0.25) is 12.6 Å². The number of rotatable bonds is 6. The van der Waals surface area contributed by atoms with Crippen molar-refractivity contribution in [3.8, 4) is 34.4 Å². The van der Waals surface area contributed by atoms with Gasteiger partial charge in [-0.05, 0) is 49.7 Å². The van der Waals surface area contributed by atoms with Gasteiger partial charge in [0.05, 0.1) is 25.8 Å². The smallest absolute Gasteiger partial charge is 0.322 e. The highest BCUT2D eigenvalue weighted by Crippen LogP contribution is 2.40. The zero-order valence-corrected chi connectivity index (χ0v) is 19.2. The number of nitrogens with one attached hydrogen (secondary N) is 1. The van der Waals surface area contributed by atoms with Crippen LogP contribution in [0.5, 0.6) is 23.0 Å². The van der Waals surface area contributed by atoms with Gasteiger partial charge in [0.15, 0.2) is 23.0 Å². The molecule has 10 nitrogen and oxygen atoms in total. The molecule has 3 aromatic rings. The Labute approximate surface area is 196 Å². The van der Waals surface area contributed by atoms with E-state index in [1.165, 1.54) is 0 Å². The molecule has 1 atom stereocenters. The van der Waals surface area contributed by atoms with Crippen molar-refractivity contribution in [3.63, 3.8) is 0 Å². The molecule has 0 saturated carbocycles. The van der Waals surface area contributed by atoms with E-state index >= 15 is 0 Å². The number of aromatic nitrogens is 2. The highest BCUT2D eigenvalue weighted by Gasteiger charge is 2.35. The van der Waals surface area contributed by atoms with E-state index in [1.807, 2.05) is 44.2 Å². The summed E-state index contributed by atoms with van der Waals surface area (Å²) in [6.07, 6.45) is 0. The van der Waals surface area contributed by atoms with Crippen LogP contribution in [-0.2, 0) is 0 Å². The number of hydrogen-bond donors (Lipinski definition) is 1. The monoisotopic (exact) mass is 464 g/mol. The first-order valence-electron chi connectivity index (χ1n) is 10.8. The zero-order valence-electron chi connectivity index (χ0n) is 19.2. The molecule has 0 bridgehead atoms. The number of carbonyl (C=O) groups excluding carboxylic acids is 1. The Morgan fingerprint density at radius 3 is 2.65 bits per heavy atom. The summed E-state index contributed by atoms with van der Waals surface area (Å²) in [4.78, 5) is 19.1. The summed E-state index contributed by atoms with van der Waals surface area (Å²) in [5.41, 5.74) is 2.95. The van der Waals surface area contributed by atoms with Crippen LogP contribution in [0.1, 0.15) is 31.3 Å². The Balaban J connectivity index is 1.58. The Morgan fingerprint density at radius 2 is 1.88 bits per heavy atom. The van der Waals surface area contributed by atoms with Gasteiger partial charge >= 0.3 is 6.03 Å². The minimum atomic E-state index is -0.528. The van der Waals surface area contributed by atoms with Crippen molar-refractivity contribution in [1.82, 2.24) is 20.4 Å². The van der Waals surface area contributed by atoms with E-state index in [4.69, 9.17) is 23.5 Å². The fourth-order valence-corrected chi connectivity index (χ4v) is 4.21. The highest BCUT2D eigenvalue weighted by molar-refractivity contribution is 5.87. The van der Waals surface area contributed by atoms with Crippen LogP contribution in [-0.4, -0.2) is 48.6 Å². The fourth-order valence-electron chi connectivity index (χ4n) is 4.21. The molecule has 2 amide bonds. The summed E-state index contributed by atoms with van der Waals surface area (Å²) in [6, 6.07) is 10.2. The number of methoxy groups -OCH3 is 2. The molecule has 0 radical (unpaired) electrons. The van der Waals surface area contributed by atoms with E-state index in [0.29, 0.717) is 46.8 Å². The summed E-state index contributed by atoms with van der Waals surface area (Å²) in [5.74, 6) is 3.16. The van der Waals surface area contributed by atoms with Crippen LogP contribution in [0.25, 0.3) is 17.0 Å². The molecule has 3 heterocycles.